The quantitative estimate of drug-likeness (QED) is 0.578. The van der Waals surface area contributed by atoms with Gasteiger partial charge in [0, 0.05) is 24.2 Å². The number of ether oxygens (including phenoxy) is 3. The van der Waals surface area contributed by atoms with Crippen molar-refractivity contribution in [3.05, 3.63) is 35.9 Å². The monoisotopic (exact) mass is 491 g/mol. The number of methoxy groups -OCH3 is 1. The first-order chi connectivity index (χ1) is 17.5. The summed E-state index contributed by atoms with van der Waals surface area (Å²) in [6, 6.07) is 10.4. The molecular formula is C27H33N5O4. The molecule has 0 amide bonds. The molecule has 1 aromatic carbocycles. The molecule has 3 aliphatic rings. The Kier molecular flexibility index (Phi) is 6.15. The fourth-order valence-corrected chi connectivity index (χ4v) is 5.87. The average Bonchev–Trinajstić information content (AvgIpc) is 3.14. The third kappa shape index (κ3) is 4.15. The molecule has 3 fully saturated rings. The zero-order chi connectivity index (χ0) is 24.8. The number of anilines is 2. The van der Waals surface area contributed by atoms with Crippen LogP contribution in [0.2, 0.25) is 0 Å². The Bertz CT molecular complexity index is 1240. The van der Waals surface area contributed by atoms with Crippen LogP contribution in [0.1, 0.15) is 32.3 Å². The van der Waals surface area contributed by atoms with Crippen LogP contribution in [0, 0.1) is 0 Å². The van der Waals surface area contributed by atoms with E-state index < -0.39 is 0 Å². The number of morpholine rings is 2. The number of benzene rings is 1. The molecule has 9 nitrogen and oxygen atoms in total. The van der Waals surface area contributed by atoms with Gasteiger partial charge in [-0.3, -0.25) is 0 Å². The minimum atomic E-state index is -0.103. The molecular weight excluding hydrogens is 458 g/mol. The summed E-state index contributed by atoms with van der Waals surface area (Å²) < 4.78 is 17.2. The van der Waals surface area contributed by atoms with Gasteiger partial charge in [0.2, 0.25) is 5.95 Å². The zero-order valence-corrected chi connectivity index (χ0v) is 21.1. The molecule has 3 aromatic rings. The van der Waals surface area contributed by atoms with Gasteiger partial charge >= 0.3 is 0 Å². The first-order valence-electron chi connectivity index (χ1n) is 12.8. The third-order valence-electron chi connectivity index (χ3n) is 7.46. The van der Waals surface area contributed by atoms with Gasteiger partial charge in [-0.2, -0.15) is 9.97 Å². The highest BCUT2D eigenvalue weighted by Crippen LogP contribution is 2.36. The maximum absolute atomic E-state index is 9.80. The van der Waals surface area contributed by atoms with E-state index in [1.54, 1.807) is 7.11 Å². The van der Waals surface area contributed by atoms with Crippen LogP contribution in [-0.2, 0) is 16.1 Å². The molecule has 3 aliphatic heterocycles. The normalized spacial score (nSPS) is 26.0. The molecule has 1 N–H and O–H groups in total. The number of rotatable bonds is 5. The van der Waals surface area contributed by atoms with Gasteiger partial charge in [0.25, 0.3) is 0 Å². The van der Waals surface area contributed by atoms with Crippen LogP contribution in [0.25, 0.3) is 22.3 Å². The lowest BCUT2D eigenvalue weighted by Gasteiger charge is -2.38. The van der Waals surface area contributed by atoms with Crippen LogP contribution < -0.4 is 14.5 Å². The molecule has 5 heterocycles. The second-order valence-electron chi connectivity index (χ2n) is 10.1. The molecule has 0 aliphatic carbocycles. The van der Waals surface area contributed by atoms with Gasteiger partial charge in [0.05, 0.1) is 62.3 Å². The number of aromatic nitrogens is 3. The van der Waals surface area contributed by atoms with Crippen LogP contribution in [0.3, 0.4) is 0 Å². The predicted octanol–water partition coefficient (Wildman–Crippen LogP) is 3.17. The number of nitrogens with zero attached hydrogens (tertiary/aromatic N) is 5. The smallest absolute Gasteiger partial charge is 0.230 e. The highest BCUT2D eigenvalue weighted by molar-refractivity contribution is 5.90. The lowest BCUT2D eigenvalue weighted by atomic mass is 10.1. The van der Waals surface area contributed by atoms with Crippen molar-refractivity contribution < 1.29 is 19.3 Å². The molecule has 2 aromatic heterocycles. The molecule has 3 saturated heterocycles. The van der Waals surface area contributed by atoms with Gasteiger partial charge in [0.1, 0.15) is 11.6 Å². The number of pyridine rings is 1. The lowest BCUT2D eigenvalue weighted by molar-refractivity contribution is -0.00537. The maximum Gasteiger partial charge on any atom is 0.230 e. The minimum Gasteiger partial charge on any atom is -0.496 e. The Morgan fingerprint density at radius 2 is 1.75 bits per heavy atom. The van der Waals surface area contributed by atoms with Crippen LogP contribution in [0.15, 0.2) is 30.3 Å². The highest BCUT2D eigenvalue weighted by atomic mass is 16.5. The first-order valence-corrected chi connectivity index (χ1v) is 12.8. The van der Waals surface area contributed by atoms with Gasteiger partial charge in [0.15, 0.2) is 5.65 Å². The standard InChI is InChI=1S/C27H33N5O4/c1-16-11-31(12-17(2)36-16)26-22-7-8-23(18-4-9-24(34-3)19(10-18)13-33)28-25(22)29-27(30-26)32-20-5-6-21(32)15-35-14-20/h4,7-10,16-17,20-21,33H,5-6,11-15H2,1-3H3/t16-,17+,20?,21?. The van der Waals surface area contributed by atoms with Crippen molar-refractivity contribution >= 4 is 22.8 Å². The molecule has 6 rings (SSSR count). The summed E-state index contributed by atoms with van der Waals surface area (Å²) in [5, 5.41) is 10.7. The van der Waals surface area contributed by atoms with E-state index in [2.05, 4.69) is 29.7 Å². The maximum atomic E-state index is 9.80. The second kappa shape index (κ2) is 9.46. The van der Waals surface area contributed by atoms with Crippen molar-refractivity contribution in [2.45, 2.75) is 57.6 Å². The molecule has 9 heteroatoms. The van der Waals surface area contributed by atoms with Crippen molar-refractivity contribution in [1.82, 2.24) is 15.0 Å². The molecule has 0 saturated carbocycles. The number of aliphatic hydroxyl groups is 1. The molecule has 0 radical (unpaired) electrons. The summed E-state index contributed by atoms with van der Waals surface area (Å²) in [7, 11) is 1.61. The first kappa shape index (κ1) is 23.4. The summed E-state index contributed by atoms with van der Waals surface area (Å²) in [5.41, 5.74) is 3.10. The highest BCUT2D eigenvalue weighted by Gasteiger charge is 2.39. The van der Waals surface area contributed by atoms with Crippen molar-refractivity contribution in [1.29, 1.82) is 0 Å². The minimum absolute atomic E-state index is 0.103. The second-order valence-corrected chi connectivity index (χ2v) is 10.1. The molecule has 36 heavy (non-hydrogen) atoms. The van der Waals surface area contributed by atoms with Gasteiger partial charge in [-0.15, -0.1) is 0 Å². The van der Waals surface area contributed by atoms with Gasteiger partial charge in [-0.1, -0.05) is 0 Å². The predicted molar refractivity (Wildman–Crippen MR) is 138 cm³/mol. The van der Waals surface area contributed by atoms with Gasteiger partial charge < -0.3 is 29.1 Å². The Labute approximate surface area is 211 Å². The van der Waals surface area contributed by atoms with Crippen molar-refractivity contribution in [3.63, 3.8) is 0 Å². The van der Waals surface area contributed by atoms with E-state index in [4.69, 9.17) is 29.2 Å². The largest absolute Gasteiger partial charge is 0.496 e. The topological polar surface area (TPSA) is 93.1 Å². The Morgan fingerprint density at radius 3 is 2.44 bits per heavy atom. The van der Waals surface area contributed by atoms with Gasteiger partial charge in [-0.25, -0.2) is 4.98 Å². The van der Waals surface area contributed by atoms with Crippen LogP contribution >= 0.6 is 0 Å². The third-order valence-corrected chi connectivity index (χ3v) is 7.46. The van der Waals surface area contributed by atoms with Crippen LogP contribution in [-0.4, -0.2) is 77.8 Å². The van der Waals surface area contributed by atoms with Crippen molar-refractivity contribution in [2.75, 3.05) is 43.2 Å². The van der Waals surface area contributed by atoms with Crippen LogP contribution in [0.5, 0.6) is 5.75 Å². The molecule has 190 valence electrons. The number of fused-ring (bicyclic) bond motifs is 3. The molecule has 4 atom stereocenters. The van der Waals surface area contributed by atoms with E-state index in [1.165, 1.54) is 0 Å². The van der Waals surface area contributed by atoms with Crippen molar-refractivity contribution in [3.8, 4) is 17.0 Å². The van der Waals surface area contributed by atoms with Crippen molar-refractivity contribution in [2.24, 2.45) is 0 Å². The van der Waals surface area contributed by atoms with Crippen LogP contribution in [0.4, 0.5) is 11.8 Å². The summed E-state index contributed by atoms with van der Waals surface area (Å²) >= 11 is 0. The summed E-state index contributed by atoms with van der Waals surface area (Å²) in [6.45, 7) is 7.07. The average molecular weight is 492 g/mol. The lowest BCUT2D eigenvalue weighted by Crippen LogP contribution is -2.48. The molecule has 2 unspecified atom stereocenters. The van der Waals surface area contributed by atoms with E-state index in [0.717, 1.165) is 59.9 Å². The van der Waals surface area contributed by atoms with E-state index in [9.17, 15) is 5.11 Å². The van der Waals surface area contributed by atoms with E-state index in [1.807, 2.05) is 24.3 Å². The SMILES string of the molecule is COc1ccc(-c2ccc3c(N4C[C@@H](C)O[C@@H](C)C4)nc(N4C5CCC4COC5)nc3n2)cc1CO. The zero-order valence-electron chi connectivity index (χ0n) is 21.1. The number of hydrogen-bond donors (Lipinski definition) is 1. The molecule has 0 spiro atoms. The summed E-state index contributed by atoms with van der Waals surface area (Å²) in [5.74, 6) is 2.30. The van der Waals surface area contributed by atoms with E-state index in [-0.39, 0.29) is 18.8 Å². The Balaban J connectivity index is 1.48. The fourth-order valence-electron chi connectivity index (χ4n) is 5.87. The number of hydrogen-bond acceptors (Lipinski definition) is 9. The number of aliphatic hydroxyl groups excluding tert-OH is 1. The Morgan fingerprint density at radius 1 is 1.00 bits per heavy atom. The summed E-state index contributed by atoms with van der Waals surface area (Å²) in [6.07, 6.45) is 2.42. The van der Waals surface area contributed by atoms with E-state index in [0.29, 0.717) is 36.7 Å². The van der Waals surface area contributed by atoms with E-state index >= 15 is 0 Å². The van der Waals surface area contributed by atoms with Gasteiger partial charge in [-0.05, 0) is 57.0 Å². The molecule has 2 bridgehead atoms. The fraction of sp³-hybridized carbons (Fsp3) is 0.519. The summed E-state index contributed by atoms with van der Waals surface area (Å²) in [4.78, 5) is 19.8. The Hall–Kier alpha value is -3.01.